The highest BCUT2D eigenvalue weighted by Crippen LogP contribution is 2.62. The number of carbonyl (C=O) groups is 1. The number of rotatable bonds is 2. The number of alkyl halides is 2. The van der Waals surface area contributed by atoms with Crippen LogP contribution in [0.25, 0.3) is 0 Å². The van der Waals surface area contributed by atoms with Crippen LogP contribution in [0.4, 0.5) is 8.78 Å². The van der Waals surface area contributed by atoms with E-state index in [1.165, 1.54) is 0 Å². The molecule has 16 heavy (non-hydrogen) atoms. The average molecular weight is 228 g/mol. The number of aromatic amines is 1. The number of aryl methyl sites for hydroxylation is 1. The Bertz CT molecular complexity index is 483. The maximum atomic E-state index is 13.3. The van der Waals surface area contributed by atoms with Crippen LogP contribution in [0.15, 0.2) is 0 Å². The predicted octanol–water partition coefficient (Wildman–Crippen LogP) is 1.26. The highest BCUT2D eigenvalue weighted by Gasteiger charge is 2.79. The zero-order valence-corrected chi connectivity index (χ0v) is 8.39. The van der Waals surface area contributed by atoms with Crippen molar-refractivity contribution in [2.45, 2.75) is 37.0 Å². The highest BCUT2D eigenvalue weighted by atomic mass is 19.3. The lowest BCUT2D eigenvalue weighted by molar-refractivity contribution is -0.143. The summed E-state index contributed by atoms with van der Waals surface area (Å²) < 4.78 is 26.6. The molecule has 1 fully saturated rings. The molecule has 0 bridgehead atoms. The minimum atomic E-state index is -3.16. The Hall–Kier alpha value is -1.46. The molecule has 1 heterocycles. The third-order valence-electron chi connectivity index (χ3n) is 3.56. The second kappa shape index (κ2) is 2.61. The van der Waals surface area contributed by atoms with Gasteiger partial charge in [-0.05, 0) is 24.8 Å². The fraction of sp³-hybridized carbons (Fsp3) is 0.600. The fourth-order valence-corrected chi connectivity index (χ4v) is 2.55. The normalized spacial score (nSPS) is 30.1. The van der Waals surface area contributed by atoms with E-state index in [9.17, 15) is 13.6 Å². The molecule has 1 saturated carbocycles. The van der Waals surface area contributed by atoms with Gasteiger partial charge in [-0.1, -0.05) is 0 Å². The molecule has 0 amide bonds. The first-order chi connectivity index (χ1) is 7.49. The Morgan fingerprint density at radius 1 is 1.44 bits per heavy atom. The van der Waals surface area contributed by atoms with Gasteiger partial charge in [-0.2, -0.15) is 5.10 Å². The number of H-pyrrole nitrogens is 1. The molecule has 1 atom stereocenters. The van der Waals surface area contributed by atoms with Gasteiger partial charge in [-0.15, -0.1) is 0 Å². The predicted molar refractivity (Wildman–Crippen MR) is 49.5 cm³/mol. The van der Waals surface area contributed by atoms with E-state index in [0.717, 1.165) is 18.5 Å². The Morgan fingerprint density at radius 2 is 2.12 bits per heavy atom. The van der Waals surface area contributed by atoms with Crippen LogP contribution in [0.5, 0.6) is 0 Å². The first kappa shape index (κ1) is 9.74. The molecule has 1 aromatic heterocycles. The average Bonchev–Trinajstić information content (AvgIpc) is 2.54. The van der Waals surface area contributed by atoms with Gasteiger partial charge in [0.2, 0.25) is 0 Å². The smallest absolute Gasteiger partial charge is 0.322 e. The summed E-state index contributed by atoms with van der Waals surface area (Å²) in [5, 5.41) is 15.5. The van der Waals surface area contributed by atoms with Crippen molar-refractivity contribution >= 4 is 5.97 Å². The van der Waals surface area contributed by atoms with E-state index in [1.54, 1.807) is 0 Å². The molecule has 0 aromatic carbocycles. The third-order valence-corrected chi connectivity index (χ3v) is 3.56. The molecule has 2 aliphatic carbocycles. The van der Waals surface area contributed by atoms with Crippen molar-refractivity contribution in [3.63, 3.8) is 0 Å². The second-order valence-electron chi connectivity index (χ2n) is 4.47. The van der Waals surface area contributed by atoms with Crippen molar-refractivity contribution in [3.8, 4) is 0 Å². The zero-order valence-electron chi connectivity index (χ0n) is 8.39. The minimum absolute atomic E-state index is 0.0532. The van der Waals surface area contributed by atoms with Crippen LogP contribution in [0.1, 0.15) is 29.8 Å². The molecule has 4 nitrogen and oxygen atoms in total. The SMILES string of the molecule is O=C(O)C1(c2n[nH]c3c2CCC3)CC1(F)F. The number of nitrogens with one attached hydrogen (secondary N) is 1. The van der Waals surface area contributed by atoms with Crippen molar-refractivity contribution in [2.24, 2.45) is 0 Å². The molecule has 0 radical (unpaired) electrons. The molecule has 0 spiro atoms. The molecule has 6 heteroatoms. The second-order valence-corrected chi connectivity index (χ2v) is 4.47. The quantitative estimate of drug-likeness (QED) is 0.800. The Labute approximate surface area is 89.7 Å². The number of hydrogen-bond donors (Lipinski definition) is 2. The van der Waals surface area contributed by atoms with E-state index in [4.69, 9.17) is 5.11 Å². The van der Waals surface area contributed by atoms with Crippen molar-refractivity contribution < 1.29 is 18.7 Å². The maximum absolute atomic E-state index is 13.3. The fourth-order valence-electron chi connectivity index (χ4n) is 2.55. The lowest BCUT2D eigenvalue weighted by Gasteiger charge is -2.09. The molecule has 2 aliphatic rings. The molecule has 86 valence electrons. The number of nitrogens with zero attached hydrogens (tertiary/aromatic N) is 1. The summed E-state index contributed by atoms with van der Waals surface area (Å²) in [5.74, 6) is -4.64. The lowest BCUT2D eigenvalue weighted by Crippen LogP contribution is -2.28. The van der Waals surface area contributed by atoms with E-state index >= 15 is 0 Å². The van der Waals surface area contributed by atoms with Gasteiger partial charge in [0.1, 0.15) is 0 Å². The number of halogens is 2. The van der Waals surface area contributed by atoms with Crippen LogP contribution < -0.4 is 0 Å². The summed E-state index contributed by atoms with van der Waals surface area (Å²) in [6, 6.07) is 0. The van der Waals surface area contributed by atoms with E-state index < -0.39 is 23.7 Å². The Balaban J connectivity index is 2.13. The largest absolute Gasteiger partial charge is 0.480 e. The van der Waals surface area contributed by atoms with Crippen LogP contribution in [0.3, 0.4) is 0 Å². The Morgan fingerprint density at radius 3 is 2.69 bits per heavy atom. The van der Waals surface area contributed by atoms with Crippen molar-refractivity contribution in [2.75, 3.05) is 0 Å². The summed E-state index contributed by atoms with van der Waals surface area (Å²) in [4.78, 5) is 11.1. The van der Waals surface area contributed by atoms with Crippen molar-refractivity contribution in [3.05, 3.63) is 17.0 Å². The summed E-state index contributed by atoms with van der Waals surface area (Å²) in [5.41, 5.74) is -0.503. The Kier molecular flexibility index (Phi) is 1.59. The maximum Gasteiger partial charge on any atom is 0.322 e. The van der Waals surface area contributed by atoms with E-state index in [2.05, 4.69) is 10.2 Å². The van der Waals surface area contributed by atoms with Crippen molar-refractivity contribution in [1.29, 1.82) is 0 Å². The lowest BCUT2D eigenvalue weighted by atomic mass is 9.97. The van der Waals surface area contributed by atoms with Crippen molar-refractivity contribution in [1.82, 2.24) is 10.2 Å². The molecule has 3 rings (SSSR count). The van der Waals surface area contributed by atoms with Crippen LogP contribution >= 0.6 is 0 Å². The van der Waals surface area contributed by atoms with E-state index in [-0.39, 0.29) is 5.69 Å². The molecule has 0 saturated heterocycles. The number of fused-ring (bicyclic) bond motifs is 1. The van der Waals surface area contributed by atoms with Crippen LogP contribution in [0.2, 0.25) is 0 Å². The van der Waals surface area contributed by atoms with Crippen LogP contribution in [0, 0.1) is 0 Å². The van der Waals surface area contributed by atoms with Gasteiger partial charge in [-0.25, -0.2) is 8.78 Å². The topological polar surface area (TPSA) is 66.0 Å². The van der Waals surface area contributed by atoms with Gasteiger partial charge in [-0.3, -0.25) is 9.89 Å². The summed E-state index contributed by atoms with van der Waals surface area (Å²) in [6.07, 6.45) is 1.65. The molecule has 1 unspecified atom stereocenters. The summed E-state index contributed by atoms with van der Waals surface area (Å²) in [6.45, 7) is 0. The summed E-state index contributed by atoms with van der Waals surface area (Å²) >= 11 is 0. The summed E-state index contributed by atoms with van der Waals surface area (Å²) in [7, 11) is 0. The zero-order chi connectivity index (χ0) is 11.6. The molecule has 2 N–H and O–H groups in total. The molecular formula is C10H10F2N2O2. The standard InChI is InChI=1S/C10H10F2N2O2/c11-10(12)4-9(10,8(15)16)7-5-2-1-3-6(5)13-14-7/h1-4H2,(H,13,14)(H,15,16). The first-order valence-electron chi connectivity index (χ1n) is 5.17. The third kappa shape index (κ3) is 0.923. The number of aliphatic carboxylic acids is 1. The number of aromatic nitrogens is 2. The van der Waals surface area contributed by atoms with Crippen LogP contribution in [-0.2, 0) is 23.1 Å². The van der Waals surface area contributed by atoms with Gasteiger partial charge in [0.15, 0.2) is 5.41 Å². The number of carboxylic acids is 1. The van der Waals surface area contributed by atoms with Gasteiger partial charge < -0.3 is 5.11 Å². The van der Waals surface area contributed by atoms with Crippen LogP contribution in [-0.4, -0.2) is 27.2 Å². The number of hydrogen-bond acceptors (Lipinski definition) is 2. The van der Waals surface area contributed by atoms with Gasteiger partial charge in [0.25, 0.3) is 5.92 Å². The first-order valence-corrected chi connectivity index (χ1v) is 5.17. The van der Waals surface area contributed by atoms with E-state index in [0.29, 0.717) is 12.0 Å². The van der Waals surface area contributed by atoms with Gasteiger partial charge in [0, 0.05) is 12.1 Å². The monoisotopic (exact) mass is 228 g/mol. The number of carboxylic acid groups (broad SMARTS) is 1. The van der Waals surface area contributed by atoms with Gasteiger partial charge >= 0.3 is 5.97 Å². The molecule has 0 aliphatic heterocycles. The minimum Gasteiger partial charge on any atom is -0.480 e. The van der Waals surface area contributed by atoms with E-state index in [1.807, 2.05) is 0 Å². The molecular weight excluding hydrogens is 218 g/mol. The molecule has 1 aromatic rings. The highest BCUT2D eigenvalue weighted by molar-refractivity contribution is 5.87. The van der Waals surface area contributed by atoms with Gasteiger partial charge in [0.05, 0.1) is 5.69 Å².